The molecule has 0 aromatic carbocycles. The molecule has 25 heavy (non-hydrogen) atoms. The lowest BCUT2D eigenvalue weighted by atomic mass is 10.1. The molecule has 0 radical (unpaired) electrons. The van der Waals surface area contributed by atoms with Crippen LogP contribution in [0.25, 0.3) is 0 Å². The standard InChI is InChI=1S/C18H22N4O2S/c1-3-9-21-10-11-22(18(21)24)17-20-13(2)16(25-17)15(23)7-6-14-5-4-8-19-12-14/h4-5,8,12H,3,6-7,9-11H2,1-2H3. The van der Waals surface area contributed by atoms with Crippen LogP contribution in [0.15, 0.2) is 24.5 Å². The van der Waals surface area contributed by atoms with E-state index in [1.165, 1.54) is 11.3 Å². The fourth-order valence-electron chi connectivity index (χ4n) is 2.91. The number of pyridine rings is 1. The molecule has 2 aromatic heterocycles. The van der Waals surface area contributed by atoms with E-state index in [4.69, 9.17) is 0 Å². The first-order valence-corrected chi connectivity index (χ1v) is 9.37. The molecule has 2 aromatic rings. The molecule has 6 nitrogen and oxygen atoms in total. The third kappa shape index (κ3) is 3.87. The van der Waals surface area contributed by atoms with Crippen molar-refractivity contribution in [3.8, 4) is 0 Å². The van der Waals surface area contributed by atoms with Gasteiger partial charge in [0.2, 0.25) is 0 Å². The van der Waals surface area contributed by atoms with E-state index in [0.29, 0.717) is 35.1 Å². The molecule has 0 unspecified atom stereocenters. The molecule has 0 N–H and O–H groups in total. The second-order valence-electron chi connectivity index (χ2n) is 6.12. The van der Waals surface area contributed by atoms with Crippen molar-refractivity contribution in [3.63, 3.8) is 0 Å². The van der Waals surface area contributed by atoms with E-state index in [1.807, 2.05) is 24.0 Å². The molecule has 0 bridgehead atoms. The van der Waals surface area contributed by atoms with Gasteiger partial charge in [-0.15, -0.1) is 0 Å². The molecular formula is C18H22N4O2S. The Bertz CT molecular complexity index is 760. The van der Waals surface area contributed by atoms with Gasteiger partial charge < -0.3 is 4.90 Å². The van der Waals surface area contributed by atoms with Crippen LogP contribution in [-0.2, 0) is 6.42 Å². The van der Waals surface area contributed by atoms with Crippen molar-refractivity contribution in [2.45, 2.75) is 33.1 Å². The lowest BCUT2D eigenvalue weighted by Gasteiger charge is -2.15. The summed E-state index contributed by atoms with van der Waals surface area (Å²) in [5, 5.41) is 0.630. The molecule has 2 amide bonds. The average Bonchev–Trinajstić information content (AvgIpc) is 3.17. The Hall–Kier alpha value is -2.28. The van der Waals surface area contributed by atoms with Crippen molar-refractivity contribution in [3.05, 3.63) is 40.7 Å². The first-order valence-electron chi connectivity index (χ1n) is 8.56. The molecule has 0 atom stereocenters. The number of carbonyl (C=O) groups excluding carboxylic acids is 2. The van der Waals surface area contributed by atoms with Gasteiger partial charge in [0.05, 0.1) is 10.6 Å². The van der Waals surface area contributed by atoms with Gasteiger partial charge in [-0.05, 0) is 31.4 Å². The van der Waals surface area contributed by atoms with Crippen LogP contribution in [0.2, 0.25) is 0 Å². The average molecular weight is 358 g/mol. The molecular weight excluding hydrogens is 336 g/mol. The Labute approximate surface area is 151 Å². The van der Waals surface area contributed by atoms with Crippen LogP contribution in [0.5, 0.6) is 0 Å². The van der Waals surface area contributed by atoms with Crippen molar-refractivity contribution in [2.75, 3.05) is 24.5 Å². The summed E-state index contributed by atoms with van der Waals surface area (Å²) in [6, 6.07) is 3.83. The minimum absolute atomic E-state index is 0.00930. The van der Waals surface area contributed by atoms with Gasteiger partial charge in [-0.25, -0.2) is 9.78 Å². The second-order valence-corrected chi connectivity index (χ2v) is 7.09. The van der Waals surface area contributed by atoms with E-state index in [2.05, 4.69) is 16.9 Å². The van der Waals surface area contributed by atoms with Crippen LogP contribution in [-0.4, -0.2) is 46.3 Å². The number of carbonyl (C=O) groups is 2. The lowest BCUT2D eigenvalue weighted by molar-refractivity contribution is 0.0986. The summed E-state index contributed by atoms with van der Waals surface area (Å²) in [7, 11) is 0. The predicted octanol–water partition coefficient (Wildman–Crippen LogP) is 3.31. The minimum Gasteiger partial charge on any atom is -0.323 e. The van der Waals surface area contributed by atoms with Crippen LogP contribution >= 0.6 is 11.3 Å². The Morgan fingerprint density at radius 1 is 1.36 bits per heavy atom. The molecule has 1 aliphatic rings. The number of nitrogens with zero attached hydrogens (tertiary/aromatic N) is 4. The van der Waals surface area contributed by atoms with Gasteiger partial charge in [-0.1, -0.05) is 24.3 Å². The Morgan fingerprint density at radius 3 is 2.92 bits per heavy atom. The molecule has 1 fully saturated rings. The number of Topliss-reactive ketones (excluding diaryl/α,β-unsaturated/α-hetero) is 1. The molecule has 132 valence electrons. The normalized spacial score (nSPS) is 14.4. The molecule has 0 saturated carbocycles. The number of urea groups is 1. The molecule has 1 saturated heterocycles. The molecule has 1 aliphatic heterocycles. The second kappa shape index (κ2) is 7.74. The van der Waals surface area contributed by atoms with E-state index in [-0.39, 0.29) is 11.8 Å². The molecule has 3 heterocycles. The summed E-state index contributed by atoms with van der Waals surface area (Å²) < 4.78 is 0. The zero-order valence-electron chi connectivity index (χ0n) is 14.6. The number of ketones is 1. The first kappa shape index (κ1) is 17.5. The maximum atomic E-state index is 12.6. The Balaban J connectivity index is 1.68. The number of aromatic nitrogens is 2. The SMILES string of the molecule is CCCN1CCN(c2nc(C)c(C(=O)CCc3cccnc3)s2)C1=O. The van der Waals surface area contributed by atoms with E-state index in [0.717, 1.165) is 25.1 Å². The van der Waals surface area contributed by atoms with E-state index < -0.39 is 0 Å². The van der Waals surface area contributed by atoms with Gasteiger partial charge >= 0.3 is 6.03 Å². The number of hydrogen-bond acceptors (Lipinski definition) is 5. The number of anilines is 1. The van der Waals surface area contributed by atoms with Crippen LogP contribution < -0.4 is 4.90 Å². The quantitative estimate of drug-likeness (QED) is 0.712. The highest BCUT2D eigenvalue weighted by molar-refractivity contribution is 7.17. The number of aryl methyl sites for hydroxylation is 2. The van der Waals surface area contributed by atoms with Crippen molar-refractivity contribution >= 4 is 28.3 Å². The monoisotopic (exact) mass is 358 g/mol. The summed E-state index contributed by atoms with van der Waals surface area (Å²) in [6.45, 7) is 6.01. The Morgan fingerprint density at radius 2 is 2.20 bits per heavy atom. The van der Waals surface area contributed by atoms with Gasteiger partial charge in [-0.2, -0.15) is 0 Å². The van der Waals surface area contributed by atoms with Crippen molar-refractivity contribution < 1.29 is 9.59 Å². The van der Waals surface area contributed by atoms with Gasteiger partial charge in [0, 0.05) is 38.4 Å². The van der Waals surface area contributed by atoms with Gasteiger partial charge in [0.25, 0.3) is 0 Å². The molecule has 7 heteroatoms. The topological polar surface area (TPSA) is 66.4 Å². The summed E-state index contributed by atoms with van der Waals surface area (Å²) >= 11 is 1.33. The first-order chi connectivity index (χ1) is 12.1. The fourth-order valence-corrected chi connectivity index (χ4v) is 3.97. The number of rotatable bonds is 7. The summed E-state index contributed by atoms with van der Waals surface area (Å²) in [4.78, 5) is 37.7. The Kier molecular flexibility index (Phi) is 5.43. The largest absolute Gasteiger partial charge is 0.326 e. The highest BCUT2D eigenvalue weighted by Crippen LogP contribution is 2.30. The van der Waals surface area contributed by atoms with E-state index in [1.54, 1.807) is 17.3 Å². The third-order valence-corrected chi connectivity index (χ3v) is 5.44. The zero-order chi connectivity index (χ0) is 17.8. The highest BCUT2D eigenvalue weighted by atomic mass is 32.1. The molecule has 3 rings (SSSR count). The van der Waals surface area contributed by atoms with Crippen LogP contribution in [0.3, 0.4) is 0 Å². The smallest absolute Gasteiger partial charge is 0.323 e. The van der Waals surface area contributed by atoms with E-state index in [9.17, 15) is 9.59 Å². The number of amides is 2. The summed E-state index contributed by atoms with van der Waals surface area (Å²) in [5.74, 6) is 0.0714. The highest BCUT2D eigenvalue weighted by Gasteiger charge is 2.31. The van der Waals surface area contributed by atoms with Crippen molar-refractivity contribution in [2.24, 2.45) is 0 Å². The van der Waals surface area contributed by atoms with Crippen LogP contribution in [0, 0.1) is 6.92 Å². The third-order valence-electron chi connectivity index (χ3n) is 4.22. The molecule has 0 spiro atoms. The van der Waals surface area contributed by atoms with Crippen molar-refractivity contribution in [1.29, 1.82) is 0 Å². The van der Waals surface area contributed by atoms with Crippen molar-refractivity contribution in [1.82, 2.24) is 14.9 Å². The summed E-state index contributed by atoms with van der Waals surface area (Å²) in [5.41, 5.74) is 1.75. The minimum atomic E-state index is -0.00930. The zero-order valence-corrected chi connectivity index (χ0v) is 15.4. The molecule has 0 aliphatic carbocycles. The van der Waals surface area contributed by atoms with Crippen LogP contribution in [0.4, 0.5) is 9.93 Å². The van der Waals surface area contributed by atoms with Gasteiger partial charge in [-0.3, -0.25) is 14.7 Å². The van der Waals surface area contributed by atoms with Crippen LogP contribution in [0.1, 0.15) is 40.7 Å². The summed E-state index contributed by atoms with van der Waals surface area (Å²) in [6.07, 6.45) is 5.52. The van der Waals surface area contributed by atoms with Gasteiger partial charge in [0.1, 0.15) is 0 Å². The number of hydrogen-bond donors (Lipinski definition) is 0. The fraction of sp³-hybridized carbons (Fsp3) is 0.444. The predicted molar refractivity (Wildman–Crippen MR) is 98.3 cm³/mol. The maximum absolute atomic E-state index is 12.6. The van der Waals surface area contributed by atoms with Gasteiger partial charge in [0.15, 0.2) is 10.9 Å². The van der Waals surface area contributed by atoms with E-state index >= 15 is 0 Å². The lowest BCUT2D eigenvalue weighted by Crippen LogP contribution is -2.32. The maximum Gasteiger partial charge on any atom is 0.326 e. The number of thiazole rings is 1.